The van der Waals surface area contributed by atoms with Gasteiger partial charge in [-0.2, -0.15) is 0 Å². The molecule has 1 aliphatic heterocycles. The number of carbonyl (C=O) groups is 1. The Morgan fingerprint density at radius 2 is 1.87 bits per heavy atom. The Morgan fingerprint density at radius 3 is 2.61 bits per heavy atom. The molecule has 1 aliphatic carbocycles. The normalized spacial score (nSPS) is 16.6. The van der Waals surface area contributed by atoms with Crippen molar-refractivity contribution >= 4 is 12.0 Å². The second kappa shape index (κ2) is 10.3. The van der Waals surface area contributed by atoms with Crippen molar-refractivity contribution in [1.29, 1.82) is 0 Å². The number of nitrogens with zero attached hydrogens (tertiary/aromatic N) is 3. The maximum Gasteiger partial charge on any atom is 0.246 e. The molecule has 164 valence electrons. The molecule has 0 radical (unpaired) electrons. The first-order valence-corrected chi connectivity index (χ1v) is 11.6. The van der Waals surface area contributed by atoms with Crippen LogP contribution in [0.2, 0.25) is 0 Å². The molecule has 2 aromatic rings. The summed E-state index contributed by atoms with van der Waals surface area (Å²) < 4.78 is 0. The van der Waals surface area contributed by atoms with Crippen molar-refractivity contribution in [2.45, 2.75) is 32.4 Å². The first-order valence-electron chi connectivity index (χ1n) is 11.6. The summed E-state index contributed by atoms with van der Waals surface area (Å²) in [6.45, 7) is 5.63. The zero-order valence-corrected chi connectivity index (χ0v) is 19.0. The third-order valence-corrected chi connectivity index (χ3v) is 6.35. The minimum atomic E-state index is 0.0782. The van der Waals surface area contributed by atoms with E-state index in [2.05, 4.69) is 40.1 Å². The van der Waals surface area contributed by atoms with E-state index >= 15 is 0 Å². The second-order valence-corrected chi connectivity index (χ2v) is 9.30. The van der Waals surface area contributed by atoms with Gasteiger partial charge in [-0.1, -0.05) is 48.5 Å². The molecule has 0 atom stereocenters. The van der Waals surface area contributed by atoms with Gasteiger partial charge in [0.25, 0.3) is 0 Å². The van der Waals surface area contributed by atoms with Crippen LogP contribution >= 0.6 is 0 Å². The monoisotopic (exact) mass is 417 g/mol. The van der Waals surface area contributed by atoms with E-state index in [1.54, 1.807) is 6.08 Å². The molecule has 1 fully saturated rings. The Kier molecular flexibility index (Phi) is 7.21. The van der Waals surface area contributed by atoms with E-state index in [1.807, 2.05) is 43.3 Å². The van der Waals surface area contributed by atoms with Crippen molar-refractivity contribution in [3.05, 3.63) is 76.9 Å². The van der Waals surface area contributed by atoms with Gasteiger partial charge < -0.3 is 9.80 Å². The van der Waals surface area contributed by atoms with E-state index in [1.165, 1.54) is 36.1 Å². The summed E-state index contributed by atoms with van der Waals surface area (Å²) in [4.78, 5) is 19.8. The van der Waals surface area contributed by atoms with Gasteiger partial charge in [0.1, 0.15) is 0 Å². The highest BCUT2D eigenvalue weighted by atomic mass is 16.2. The lowest BCUT2D eigenvalue weighted by atomic mass is 9.94. The van der Waals surface area contributed by atoms with Crippen molar-refractivity contribution in [3.8, 4) is 0 Å². The lowest BCUT2D eigenvalue weighted by Gasteiger charge is -2.29. The third kappa shape index (κ3) is 6.28. The van der Waals surface area contributed by atoms with Gasteiger partial charge in [-0.25, -0.2) is 0 Å². The molecule has 0 N–H and O–H groups in total. The summed E-state index contributed by atoms with van der Waals surface area (Å²) in [5.41, 5.74) is 5.21. The largest absolute Gasteiger partial charge is 0.334 e. The smallest absolute Gasteiger partial charge is 0.246 e. The van der Waals surface area contributed by atoms with Crippen LogP contribution < -0.4 is 0 Å². The number of benzene rings is 2. The van der Waals surface area contributed by atoms with Gasteiger partial charge in [0.15, 0.2) is 0 Å². The Hall–Kier alpha value is -2.43. The van der Waals surface area contributed by atoms with Gasteiger partial charge in [0.05, 0.1) is 0 Å². The van der Waals surface area contributed by atoms with Crippen molar-refractivity contribution in [1.82, 2.24) is 14.7 Å². The second-order valence-electron chi connectivity index (χ2n) is 9.30. The summed E-state index contributed by atoms with van der Waals surface area (Å²) in [5, 5.41) is 0. The number of rotatable bonds is 9. The Bertz CT molecular complexity index is 902. The topological polar surface area (TPSA) is 26.8 Å². The maximum atomic E-state index is 13.1. The first kappa shape index (κ1) is 21.8. The molecular weight excluding hydrogens is 382 g/mol. The molecule has 2 aliphatic rings. The number of amides is 1. The molecule has 0 unspecified atom stereocenters. The number of hydrogen-bond acceptors (Lipinski definition) is 3. The molecule has 4 heteroatoms. The van der Waals surface area contributed by atoms with Crippen LogP contribution in [-0.2, 0) is 24.3 Å². The number of likely N-dealkylation sites (N-methyl/N-ethyl adjacent to an activating group) is 1. The molecule has 2 aromatic carbocycles. The van der Waals surface area contributed by atoms with Gasteiger partial charge >= 0.3 is 0 Å². The Labute approximate surface area is 187 Å². The Morgan fingerprint density at radius 1 is 1.06 bits per heavy atom. The number of hydrogen-bond donors (Lipinski definition) is 0. The maximum absolute atomic E-state index is 13.1. The fraction of sp³-hybridized carbons (Fsp3) is 0.444. The van der Waals surface area contributed by atoms with Crippen LogP contribution in [0.25, 0.3) is 6.08 Å². The van der Waals surface area contributed by atoms with Crippen LogP contribution in [0.15, 0.2) is 54.6 Å². The van der Waals surface area contributed by atoms with Crippen LogP contribution in [0.5, 0.6) is 0 Å². The van der Waals surface area contributed by atoms with Crippen LogP contribution in [0, 0.1) is 5.92 Å². The lowest BCUT2D eigenvalue weighted by Crippen LogP contribution is -2.35. The quantitative estimate of drug-likeness (QED) is 0.576. The molecule has 4 rings (SSSR count). The van der Waals surface area contributed by atoms with Gasteiger partial charge in [0.2, 0.25) is 5.91 Å². The van der Waals surface area contributed by atoms with Gasteiger partial charge in [-0.3, -0.25) is 9.69 Å². The lowest BCUT2D eigenvalue weighted by molar-refractivity contribution is -0.126. The molecule has 1 heterocycles. The minimum Gasteiger partial charge on any atom is -0.334 e. The van der Waals surface area contributed by atoms with E-state index in [4.69, 9.17) is 0 Å². The predicted octanol–water partition coefficient (Wildman–Crippen LogP) is 4.06. The SMILES string of the molecule is CN(C)CCN(Cc1ccccc1)C(=O)C=Cc1cccc2c1CCN(CC1CC1)C2. The standard InChI is InChI=1S/C27H35N3O/c1-28(2)17-18-30(20-22-7-4-3-5-8-22)27(31)14-13-24-9-6-10-25-21-29(16-15-26(24)25)19-23-11-12-23/h3-10,13-14,23H,11-12,15-21H2,1-2H3. The summed E-state index contributed by atoms with van der Waals surface area (Å²) in [6.07, 6.45) is 7.68. The molecule has 4 nitrogen and oxygen atoms in total. The molecule has 1 amide bonds. The molecule has 0 aromatic heterocycles. The summed E-state index contributed by atoms with van der Waals surface area (Å²) in [7, 11) is 4.09. The molecule has 0 spiro atoms. The van der Waals surface area contributed by atoms with Crippen LogP contribution in [0.3, 0.4) is 0 Å². The van der Waals surface area contributed by atoms with Crippen LogP contribution in [0.4, 0.5) is 0 Å². The van der Waals surface area contributed by atoms with E-state index in [0.29, 0.717) is 13.1 Å². The predicted molar refractivity (Wildman–Crippen MR) is 128 cm³/mol. The zero-order valence-electron chi connectivity index (χ0n) is 19.0. The van der Waals surface area contributed by atoms with Gasteiger partial charge in [0, 0.05) is 45.3 Å². The molecule has 0 bridgehead atoms. The van der Waals surface area contributed by atoms with Crippen molar-refractivity contribution in [2.75, 3.05) is 40.3 Å². The third-order valence-electron chi connectivity index (χ3n) is 6.35. The van der Waals surface area contributed by atoms with Gasteiger partial charge in [-0.15, -0.1) is 0 Å². The summed E-state index contributed by atoms with van der Waals surface area (Å²) in [5.74, 6) is 1.01. The fourth-order valence-corrected chi connectivity index (χ4v) is 4.33. The summed E-state index contributed by atoms with van der Waals surface area (Å²) in [6, 6.07) is 16.8. The van der Waals surface area contributed by atoms with Crippen molar-refractivity contribution < 1.29 is 4.79 Å². The highest BCUT2D eigenvalue weighted by Gasteiger charge is 2.26. The number of carbonyl (C=O) groups excluding carboxylic acids is 1. The first-order chi connectivity index (χ1) is 15.1. The highest BCUT2D eigenvalue weighted by Crippen LogP contribution is 2.32. The van der Waals surface area contributed by atoms with E-state index in [9.17, 15) is 4.79 Å². The highest BCUT2D eigenvalue weighted by molar-refractivity contribution is 5.92. The fourth-order valence-electron chi connectivity index (χ4n) is 4.33. The average Bonchev–Trinajstić information content (AvgIpc) is 3.59. The van der Waals surface area contributed by atoms with E-state index in [-0.39, 0.29) is 5.91 Å². The zero-order chi connectivity index (χ0) is 21.6. The summed E-state index contributed by atoms with van der Waals surface area (Å²) >= 11 is 0. The molecule has 31 heavy (non-hydrogen) atoms. The minimum absolute atomic E-state index is 0.0782. The van der Waals surface area contributed by atoms with Crippen molar-refractivity contribution in [3.63, 3.8) is 0 Å². The molecule has 1 saturated carbocycles. The van der Waals surface area contributed by atoms with Crippen LogP contribution in [-0.4, -0.2) is 60.9 Å². The Balaban J connectivity index is 1.44. The number of fused-ring (bicyclic) bond motifs is 1. The van der Waals surface area contributed by atoms with Gasteiger partial charge in [-0.05, 0) is 67.6 Å². The van der Waals surface area contributed by atoms with Crippen LogP contribution in [0.1, 0.15) is 35.1 Å². The molecule has 0 saturated heterocycles. The van der Waals surface area contributed by atoms with E-state index in [0.717, 1.165) is 37.5 Å². The average molecular weight is 418 g/mol. The van der Waals surface area contributed by atoms with Crippen molar-refractivity contribution in [2.24, 2.45) is 5.92 Å². The molecular formula is C27H35N3O. The van der Waals surface area contributed by atoms with E-state index < -0.39 is 0 Å².